The summed E-state index contributed by atoms with van der Waals surface area (Å²) >= 11 is 5.10. The highest BCUT2D eigenvalue weighted by Gasteiger charge is 2.18. The van der Waals surface area contributed by atoms with Crippen LogP contribution < -0.4 is 16.0 Å². The highest BCUT2D eigenvalue weighted by atomic mass is 32.1. The van der Waals surface area contributed by atoms with Crippen LogP contribution in [0.5, 0.6) is 0 Å². The Kier molecular flexibility index (Phi) is 8.57. The molecule has 1 heterocycles. The second kappa shape index (κ2) is 11.2. The molecule has 28 heavy (non-hydrogen) atoms. The van der Waals surface area contributed by atoms with E-state index in [-0.39, 0.29) is 23.7 Å². The molecule has 0 saturated carbocycles. The highest BCUT2D eigenvalue weighted by Crippen LogP contribution is 2.16. The number of nitrogens with one attached hydrogen (secondary N) is 3. The average molecular weight is 405 g/mol. The number of carbonyl (C=O) groups is 3. The van der Waals surface area contributed by atoms with Crippen molar-refractivity contribution in [1.29, 1.82) is 0 Å². The molecule has 0 aromatic heterocycles. The van der Waals surface area contributed by atoms with E-state index in [9.17, 15) is 14.4 Å². The maximum atomic E-state index is 12.5. The molecule has 0 radical (unpaired) electrons. The minimum absolute atomic E-state index is 0.00196. The van der Waals surface area contributed by atoms with Gasteiger partial charge in [-0.3, -0.25) is 14.9 Å². The number of hydrogen-bond donors (Lipinski definition) is 3. The zero-order chi connectivity index (χ0) is 20.4. The molecule has 0 aliphatic carbocycles. The lowest BCUT2D eigenvalue weighted by Gasteiger charge is -2.14. The monoisotopic (exact) mass is 405 g/mol. The normalized spacial score (nSPS) is 15.8. The summed E-state index contributed by atoms with van der Waals surface area (Å²) in [6.45, 7) is 3.04. The van der Waals surface area contributed by atoms with Gasteiger partial charge < -0.3 is 20.1 Å². The zero-order valence-corrected chi connectivity index (χ0v) is 16.3. The number of amides is 2. The molecule has 1 fully saturated rings. The van der Waals surface area contributed by atoms with E-state index in [1.165, 1.54) is 0 Å². The van der Waals surface area contributed by atoms with Crippen LogP contribution in [0.15, 0.2) is 36.4 Å². The SMILES string of the molecule is CCOC(=O)/C=C/C(=O)NC(=S)Nc1ccccc1C(=O)NCC1CCCO1. The average Bonchev–Trinajstić information content (AvgIpc) is 3.18. The molecule has 2 amide bonds. The van der Waals surface area contributed by atoms with Gasteiger partial charge in [0.05, 0.1) is 24.0 Å². The number of carbonyl (C=O) groups excluding carboxylic acids is 3. The van der Waals surface area contributed by atoms with E-state index in [1.54, 1.807) is 31.2 Å². The standard InChI is InChI=1S/C19H23N3O5S/c1-2-26-17(24)10-9-16(23)22-19(28)21-15-8-4-3-7-14(15)18(25)20-12-13-6-5-11-27-13/h3-4,7-10,13H,2,5-6,11-12H2,1H3,(H,20,25)(H2,21,22,23,28)/b10-9+. The van der Waals surface area contributed by atoms with E-state index >= 15 is 0 Å². The quantitative estimate of drug-likeness (QED) is 0.359. The lowest BCUT2D eigenvalue weighted by Crippen LogP contribution is -2.35. The molecular weight excluding hydrogens is 382 g/mol. The van der Waals surface area contributed by atoms with E-state index in [4.69, 9.17) is 17.0 Å². The molecule has 8 nitrogen and oxygen atoms in total. The molecule has 1 saturated heterocycles. The Morgan fingerprint density at radius 3 is 2.79 bits per heavy atom. The molecule has 1 aromatic rings. The van der Waals surface area contributed by atoms with Crippen LogP contribution in [0.25, 0.3) is 0 Å². The molecule has 1 atom stereocenters. The topological polar surface area (TPSA) is 106 Å². The van der Waals surface area contributed by atoms with E-state index in [2.05, 4.69) is 20.7 Å². The summed E-state index contributed by atoms with van der Waals surface area (Å²) in [5.41, 5.74) is 0.839. The van der Waals surface area contributed by atoms with Crippen molar-refractivity contribution in [3.63, 3.8) is 0 Å². The summed E-state index contributed by atoms with van der Waals surface area (Å²) in [7, 11) is 0. The number of ether oxygens (including phenoxy) is 2. The van der Waals surface area contributed by atoms with E-state index in [0.29, 0.717) is 17.8 Å². The second-order valence-corrected chi connectivity index (χ2v) is 6.33. The van der Waals surface area contributed by atoms with Crippen LogP contribution in [0.1, 0.15) is 30.1 Å². The van der Waals surface area contributed by atoms with Crippen molar-refractivity contribution in [2.24, 2.45) is 0 Å². The maximum absolute atomic E-state index is 12.5. The number of esters is 1. The fourth-order valence-corrected chi connectivity index (χ4v) is 2.75. The number of anilines is 1. The van der Waals surface area contributed by atoms with Crippen LogP contribution >= 0.6 is 12.2 Å². The summed E-state index contributed by atoms with van der Waals surface area (Å²) in [5, 5.41) is 8.07. The molecule has 1 aliphatic rings. The minimum Gasteiger partial charge on any atom is -0.463 e. The highest BCUT2D eigenvalue weighted by molar-refractivity contribution is 7.80. The van der Waals surface area contributed by atoms with Gasteiger partial charge in [0, 0.05) is 25.3 Å². The zero-order valence-electron chi connectivity index (χ0n) is 15.5. The van der Waals surface area contributed by atoms with Gasteiger partial charge in [-0.2, -0.15) is 0 Å². The second-order valence-electron chi connectivity index (χ2n) is 5.92. The van der Waals surface area contributed by atoms with Crippen molar-refractivity contribution in [3.8, 4) is 0 Å². The smallest absolute Gasteiger partial charge is 0.330 e. The van der Waals surface area contributed by atoms with Crippen molar-refractivity contribution in [2.75, 3.05) is 25.1 Å². The summed E-state index contributed by atoms with van der Waals surface area (Å²) in [6.07, 6.45) is 3.99. The summed E-state index contributed by atoms with van der Waals surface area (Å²) < 4.78 is 10.2. The Bertz CT molecular complexity index is 760. The van der Waals surface area contributed by atoms with Gasteiger partial charge >= 0.3 is 5.97 Å². The summed E-state index contributed by atoms with van der Waals surface area (Å²) in [5.74, 6) is -1.48. The Morgan fingerprint density at radius 1 is 1.29 bits per heavy atom. The first-order valence-electron chi connectivity index (χ1n) is 8.95. The fraction of sp³-hybridized carbons (Fsp3) is 0.368. The van der Waals surface area contributed by atoms with Gasteiger partial charge in [-0.05, 0) is 44.1 Å². The Hall–Kier alpha value is -2.78. The molecule has 3 N–H and O–H groups in total. The molecule has 1 unspecified atom stereocenters. The molecule has 2 rings (SSSR count). The molecule has 1 aromatic carbocycles. The van der Waals surface area contributed by atoms with Crippen molar-refractivity contribution in [3.05, 3.63) is 42.0 Å². The van der Waals surface area contributed by atoms with Gasteiger partial charge in [-0.25, -0.2) is 4.79 Å². The number of thiocarbonyl (C=S) groups is 1. The predicted octanol–water partition coefficient (Wildman–Crippen LogP) is 1.53. The van der Waals surface area contributed by atoms with Crippen LogP contribution in [-0.2, 0) is 19.1 Å². The van der Waals surface area contributed by atoms with Gasteiger partial charge in [-0.15, -0.1) is 0 Å². The van der Waals surface area contributed by atoms with E-state index in [0.717, 1.165) is 31.6 Å². The van der Waals surface area contributed by atoms with Crippen molar-refractivity contribution in [2.45, 2.75) is 25.9 Å². The summed E-state index contributed by atoms with van der Waals surface area (Å²) in [6, 6.07) is 6.80. The third-order valence-electron chi connectivity index (χ3n) is 3.83. The largest absolute Gasteiger partial charge is 0.463 e. The molecular formula is C19H23N3O5S. The number of rotatable bonds is 7. The number of benzene rings is 1. The van der Waals surface area contributed by atoms with Crippen molar-refractivity contribution in [1.82, 2.24) is 10.6 Å². The molecule has 1 aliphatic heterocycles. The Morgan fingerprint density at radius 2 is 2.07 bits per heavy atom. The van der Waals surface area contributed by atoms with Gasteiger partial charge in [0.2, 0.25) is 5.91 Å². The first kappa shape index (κ1) is 21.5. The molecule has 150 valence electrons. The lowest BCUT2D eigenvalue weighted by molar-refractivity contribution is -0.137. The third kappa shape index (κ3) is 7.09. The number of hydrogen-bond acceptors (Lipinski definition) is 6. The molecule has 0 spiro atoms. The van der Waals surface area contributed by atoms with E-state index in [1.807, 2.05) is 0 Å². The fourth-order valence-electron chi connectivity index (χ4n) is 2.54. The van der Waals surface area contributed by atoms with Gasteiger partial charge in [0.1, 0.15) is 0 Å². The predicted molar refractivity (Wildman–Crippen MR) is 108 cm³/mol. The number of para-hydroxylation sites is 1. The van der Waals surface area contributed by atoms with Crippen LogP contribution in [0.2, 0.25) is 0 Å². The van der Waals surface area contributed by atoms with Gasteiger partial charge in [0.15, 0.2) is 5.11 Å². The first-order valence-corrected chi connectivity index (χ1v) is 9.36. The van der Waals surface area contributed by atoms with Crippen LogP contribution in [-0.4, -0.2) is 48.8 Å². The first-order chi connectivity index (χ1) is 13.5. The van der Waals surface area contributed by atoms with Crippen molar-refractivity contribution >= 4 is 40.8 Å². The van der Waals surface area contributed by atoms with Crippen LogP contribution in [0.3, 0.4) is 0 Å². The Balaban J connectivity index is 1.90. The van der Waals surface area contributed by atoms with Gasteiger partial charge in [-0.1, -0.05) is 12.1 Å². The summed E-state index contributed by atoms with van der Waals surface area (Å²) in [4.78, 5) is 35.5. The van der Waals surface area contributed by atoms with Crippen molar-refractivity contribution < 1.29 is 23.9 Å². The third-order valence-corrected chi connectivity index (χ3v) is 4.03. The lowest BCUT2D eigenvalue weighted by atomic mass is 10.1. The van der Waals surface area contributed by atoms with Gasteiger partial charge in [0.25, 0.3) is 5.91 Å². The molecule has 0 bridgehead atoms. The van der Waals surface area contributed by atoms with Crippen LogP contribution in [0.4, 0.5) is 5.69 Å². The van der Waals surface area contributed by atoms with E-state index < -0.39 is 11.9 Å². The molecule has 9 heteroatoms. The van der Waals surface area contributed by atoms with Crippen LogP contribution in [0, 0.1) is 0 Å². The Labute approximate surface area is 168 Å². The maximum Gasteiger partial charge on any atom is 0.330 e. The minimum atomic E-state index is -0.621.